The molecular formula is C15H21NO3. The van der Waals surface area contributed by atoms with E-state index in [4.69, 9.17) is 9.84 Å². The van der Waals surface area contributed by atoms with Crippen molar-refractivity contribution >= 4 is 5.91 Å². The second-order valence-electron chi connectivity index (χ2n) is 5.02. The molecule has 19 heavy (non-hydrogen) atoms. The van der Waals surface area contributed by atoms with Crippen LogP contribution in [0.1, 0.15) is 31.2 Å². The number of benzene rings is 1. The van der Waals surface area contributed by atoms with Gasteiger partial charge < -0.3 is 15.2 Å². The van der Waals surface area contributed by atoms with Gasteiger partial charge in [0.2, 0.25) is 5.91 Å². The second-order valence-corrected chi connectivity index (χ2v) is 5.02. The lowest BCUT2D eigenvalue weighted by atomic mass is 10.1. The Bertz CT molecular complexity index is 426. The van der Waals surface area contributed by atoms with E-state index in [1.54, 1.807) is 7.11 Å². The van der Waals surface area contributed by atoms with Crippen LogP contribution in [0.15, 0.2) is 24.3 Å². The average Bonchev–Trinajstić information content (AvgIpc) is 3.25. The monoisotopic (exact) mass is 263 g/mol. The first-order chi connectivity index (χ1) is 9.19. The largest absolute Gasteiger partial charge is 0.497 e. The van der Waals surface area contributed by atoms with Gasteiger partial charge in [-0.2, -0.15) is 0 Å². The molecule has 1 aliphatic rings. The zero-order chi connectivity index (χ0) is 13.8. The van der Waals surface area contributed by atoms with Crippen LogP contribution in [-0.2, 0) is 4.79 Å². The molecule has 1 fully saturated rings. The normalized spacial score (nSPS) is 22.7. The average molecular weight is 263 g/mol. The summed E-state index contributed by atoms with van der Waals surface area (Å²) in [7, 11) is 1.64. The lowest BCUT2D eigenvalue weighted by Gasteiger charge is -2.13. The molecule has 3 atom stereocenters. The molecule has 1 aliphatic carbocycles. The zero-order valence-corrected chi connectivity index (χ0v) is 11.4. The van der Waals surface area contributed by atoms with Gasteiger partial charge >= 0.3 is 0 Å². The van der Waals surface area contributed by atoms with Crippen molar-refractivity contribution in [1.29, 1.82) is 0 Å². The van der Waals surface area contributed by atoms with E-state index in [2.05, 4.69) is 5.32 Å². The van der Waals surface area contributed by atoms with Crippen LogP contribution in [0.25, 0.3) is 0 Å². The molecule has 1 aromatic rings. The van der Waals surface area contributed by atoms with E-state index in [1.807, 2.05) is 31.2 Å². The first-order valence-corrected chi connectivity index (χ1v) is 6.74. The van der Waals surface area contributed by atoms with Crippen molar-refractivity contribution < 1.29 is 14.6 Å². The summed E-state index contributed by atoms with van der Waals surface area (Å²) in [6.45, 7) is 1.96. The summed E-state index contributed by atoms with van der Waals surface area (Å²) in [6, 6.07) is 7.75. The highest BCUT2D eigenvalue weighted by atomic mass is 16.5. The van der Waals surface area contributed by atoms with Crippen LogP contribution in [0.5, 0.6) is 5.75 Å². The molecule has 0 radical (unpaired) electrons. The van der Waals surface area contributed by atoms with Crippen LogP contribution in [0.3, 0.4) is 0 Å². The quantitative estimate of drug-likeness (QED) is 0.821. The lowest BCUT2D eigenvalue weighted by Crippen LogP contribution is -2.38. The lowest BCUT2D eigenvalue weighted by molar-refractivity contribution is -0.123. The first-order valence-electron chi connectivity index (χ1n) is 6.74. The molecule has 3 unspecified atom stereocenters. The summed E-state index contributed by atoms with van der Waals surface area (Å²) in [5.74, 6) is 1.24. The summed E-state index contributed by atoms with van der Waals surface area (Å²) in [5.41, 5.74) is 1.18. The predicted octanol–water partition coefficient (Wildman–Crippen LogP) is 1.69. The van der Waals surface area contributed by atoms with Crippen molar-refractivity contribution in [2.45, 2.75) is 31.7 Å². The van der Waals surface area contributed by atoms with Gasteiger partial charge in [-0.25, -0.2) is 0 Å². The smallest absolute Gasteiger partial charge is 0.224 e. The van der Waals surface area contributed by atoms with Crippen LogP contribution in [0.2, 0.25) is 0 Å². The van der Waals surface area contributed by atoms with Crippen molar-refractivity contribution in [3.63, 3.8) is 0 Å². The van der Waals surface area contributed by atoms with Gasteiger partial charge in [0.05, 0.1) is 19.8 Å². The number of aliphatic hydroxyl groups excluding tert-OH is 1. The van der Waals surface area contributed by atoms with Gasteiger partial charge in [0, 0.05) is 5.92 Å². The summed E-state index contributed by atoms with van der Waals surface area (Å²) >= 11 is 0. The van der Waals surface area contributed by atoms with Crippen LogP contribution in [0.4, 0.5) is 0 Å². The van der Waals surface area contributed by atoms with Crippen LogP contribution < -0.4 is 10.1 Å². The minimum Gasteiger partial charge on any atom is -0.497 e. The number of carbonyl (C=O) groups excluding carboxylic acids is 1. The molecule has 0 bridgehead atoms. The van der Waals surface area contributed by atoms with E-state index in [9.17, 15) is 4.79 Å². The molecule has 4 heteroatoms. The fourth-order valence-electron chi connectivity index (χ4n) is 2.29. The fraction of sp³-hybridized carbons (Fsp3) is 0.533. The number of amides is 1. The van der Waals surface area contributed by atoms with Crippen molar-refractivity contribution in [2.24, 2.45) is 5.92 Å². The molecule has 0 aliphatic heterocycles. The van der Waals surface area contributed by atoms with Gasteiger partial charge in [-0.1, -0.05) is 19.1 Å². The number of carbonyl (C=O) groups is 1. The van der Waals surface area contributed by atoms with Crippen LogP contribution >= 0.6 is 0 Å². The van der Waals surface area contributed by atoms with Crippen molar-refractivity contribution in [3.8, 4) is 5.75 Å². The third kappa shape index (κ3) is 3.26. The van der Waals surface area contributed by atoms with Crippen LogP contribution in [0, 0.1) is 5.92 Å². The maximum Gasteiger partial charge on any atom is 0.224 e. The van der Waals surface area contributed by atoms with E-state index in [-0.39, 0.29) is 24.5 Å². The molecule has 2 N–H and O–H groups in total. The van der Waals surface area contributed by atoms with E-state index in [0.717, 1.165) is 18.6 Å². The summed E-state index contributed by atoms with van der Waals surface area (Å²) in [5, 5.41) is 12.0. The number of hydrogen-bond acceptors (Lipinski definition) is 3. The van der Waals surface area contributed by atoms with E-state index in [0.29, 0.717) is 5.92 Å². The van der Waals surface area contributed by atoms with Crippen LogP contribution in [-0.4, -0.2) is 30.8 Å². The summed E-state index contributed by atoms with van der Waals surface area (Å²) < 4.78 is 5.12. The maximum atomic E-state index is 12.0. The Kier molecular flexibility index (Phi) is 4.43. The molecule has 0 heterocycles. The Balaban J connectivity index is 1.90. The molecule has 1 saturated carbocycles. The first kappa shape index (κ1) is 13.9. The van der Waals surface area contributed by atoms with Gasteiger partial charge in [0.15, 0.2) is 0 Å². The van der Waals surface area contributed by atoms with Crippen molar-refractivity contribution in [2.75, 3.05) is 13.7 Å². The fourth-order valence-corrected chi connectivity index (χ4v) is 2.29. The third-order valence-corrected chi connectivity index (χ3v) is 3.73. The topological polar surface area (TPSA) is 58.6 Å². The Hall–Kier alpha value is -1.55. The molecule has 0 spiro atoms. The molecule has 104 valence electrons. The predicted molar refractivity (Wildman–Crippen MR) is 73.1 cm³/mol. The number of nitrogens with one attached hydrogen (secondary N) is 1. The minimum atomic E-state index is -0.121. The minimum absolute atomic E-state index is 0.00215. The second kappa shape index (κ2) is 6.06. The number of rotatable bonds is 6. The van der Waals surface area contributed by atoms with E-state index >= 15 is 0 Å². The summed E-state index contributed by atoms with van der Waals surface area (Å²) in [4.78, 5) is 12.0. The Labute approximate surface area is 113 Å². The molecule has 0 saturated heterocycles. The highest BCUT2D eigenvalue weighted by Gasteiger charge is 2.44. The molecule has 2 rings (SSSR count). The Morgan fingerprint density at radius 1 is 1.47 bits per heavy atom. The maximum absolute atomic E-state index is 12.0. The van der Waals surface area contributed by atoms with Gasteiger partial charge in [0.1, 0.15) is 5.75 Å². The highest BCUT2D eigenvalue weighted by Crippen LogP contribution is 2.47. The molecular weight excluding hydrogens is 242 g/mol. The number of hydrogen-bond donors (Lipinski definition) is 2. The summed E-state index contributed by atoms with van der Waals surface area (Å²) in [6.07, 6.45) is 1.64. The van der Waals surface area contributed by atoms with Gasteiger partial charge in [-0.3, -0.25) is 4.79 Å². The Morgan fingerprint density at radius 3 is 2.68 bits per heavy atom. The molecule has 0 aromatic heterocycles. The standard InChI is InChI=1S/C15H21NO3/c1-3-11(9-17)16-15(18)14-8-13(14)10-4-6-12(19-2)7-5-10/h4-7,11,13-14,17H,3,8-9H2,1-2H3,(H,16,18). The third-order valence-electron chi connectivity index (χ3n) is 3.73. The SMILES string of the molecule is CCC(CO)NC(=O)C1CC1c1ccc(OC)cc1. The number of aliphatic hydroxyl groups is 1. The van der Waals surface area contributed by atoms with Crippen molar-refractivity contribution in [3.05, 3.63) is 29.8 Å². The van der Waals surface area contributed by atoms with Gasteiger partial charge in [-0.05, 0) is 36.5 Å². The Morgan fingerprint density at radius 2 is 2.16 bits per heavy atom. The van der Waals surface area contributed by atoms with Crippen molar-refractivity contribution in [1.82, 2.24) is 5.32 Å². The number of methoxy groups -OCH3 is 1. The zero-order valence-electron chi connectivity index (χ0n) is 11.4. The highest BCUT2D eigenvalue weighted by molar-refractivity contribution is 5.83. The van der Waals surface area contributed by atoms with E-state index < -0.39 is 0 Å². The number of ether oxygens (including phenoxy) is 1. The van der Waals surface area contributed by atoms with E-state index in [1.165, 1.54) is 5.56 Å². The van der Waals surface area contributed by atoms with Gasteiger partial charge in [0.25, 0.3) is 0 Å². The molecule has 4 nitrogen and oxygen atoms in total. The molecule has 1 aromatic carbocycles. The molecule has 1 amide bonds. The van der Waals surface area contributed by atoms with Gasteiger partial charge in [-0.15, -0.1) is 0 Å².